The first-order chi connectivity index (χ1) is 13.6. The lowest BCUT2D eigenvalue weighted by Gasteiger charge is -2.33. The van der Waals surface area contributed by atoms with E-state index in [2.05, 4.69) is 0 Å². The number of hydrogen-bond donors (Lipinski definition) is 0. The van der Waals surface area contributed by atoms with Gasteiger partial charge in [-0.1, -0.05) is 18.2 Å². The summed E-state index contributed by atoms with van der Waals surface area (Å²) in [6.45, 7) is 2.02. The Morgan fingerprint density at radius 2 is 1.89 bits per heavy atom. The van der Waals surface area contributed by atoms with E-state index in [0.29, 0.717) is 48.9 Å². The molecule has 0 spiro atoms. The zero-order valence-corrected chi connectivity index (χ0v) is 16.0. The Labute approximate surface area is 163 Å². The molecule has 1 atom stereocenters. The van der Waals surface area contributed by atoms with Gasteiger partial charge in [0.15, 0.2) is 0 Å². The minimum Gasteiger partial charge on any atom is -0.497 e. The van der Waals surface area contributed by atoms with Crippen molar-refractivity contribution in [1.29, 1.82) is 0 Å². The molecule has 1 fully saturated rings. The Kier molecular flexibility index (Phi) is 6.84. The summed E-state index contributed by atoms with van der Waals surface area (Å²) in [5.41, 5.74) is 0.969. The van der Waals surface area contributed by atoms with Gasteiger partial charge in [0, 0.05) is 24.2 Å². The van der Waals surface area contributed by atoms with E-state index in [0.717, 1.165) is 0 Å². The summed E-state index contributed by atoms with van der Waals surface area (Å²) in [5.74, 6) is 0.264. The molecule has 0 unspecified atom stereocenters. The smallest absolute Gasteiger partial charge is 0.328 e. The van der Waals surface area contributed by atoms with E-state index in [1.807, 2.05) is 4.90 Å². The fraction of sp³-hybridized carbons (Fsp3) is 0.381. The summed E-state index contributed by atoms with van der Waals surface area (Å²) in [6.07, 6.45) is 0. The van der Waals surface area contributed by atoms with Crippen LogP contribution in [0.2, 0.25) is 0 Å². The molecule has 1 saturated heterocycles. The summed E-state index contributed by atoms with van der Waals surface area (Å²) < 4.78 is 35.9. The molecule has 0 bridgehead atoms. The molecule has 3 rings (SSSR count). The maximum Gasteiger partial charge on any atom is 0.328 e. The average molecular weight is 389 g/mol. The second-order valence-corrected chi connectivity index (χ2v) is 6.36. The van der Waals surface area contributed by atoms with Crippen LogP contribution in [0.3, 0.4) is 0 Å². The van der Waals surface area contributed by atoms with Gasteiger partial charge >= 0.3 is 5.97 Å². The van der Waals surface area contributed by atoms with E-state index in [1.54, 1.807) is 50.6 Å². The van der Waals surface area contributed by atoms with Crippen LogP contribution in [0, 0.1) is 5.82 Å². The van der Waals surface area contributed by atoms with E-state index in [1.165, 1.54) is 6.07 Å². The first kappa shape index (κ1) is 20.1. The van der Waals surface area contributed by atoms with Gasteiger partial charge in [0.05, 0.1) is 27.4 Å². The number of rotatable bonds is 7. The topological polar surface area (TPSA) is 57.2 Å². The van der Waals surface area contributed by atoms with Crippen LogP contribution in [0.4, 0.5) is 4.39 Å². The first-order valence-electron chi connectivity index (χ1n) is 9.07. The zero-order chi connectivity index (χ0) is 19.9. The molecule has 0 aromatic heterocycles. The van der Waals surface area contributed by atoms with E-state index >= 15 is 0 Å². The van der Waals surface area contributed by atoms with Crippen molar-refractivity contribution < 1.29 is 28.1 Å². The normalized spacial score (nSPS) is 15.7. The van der Waals surface area contributed by atoms with E-state index in [-0.39, 0.29) is 6.61 Å². The van der Waals surface area contributed by atoms with Crippen molar-refractivity contribution in [1.82, 2.24) is 4.90 Å². The number of benzene rings is 2. The number of ether oxygens (including phenoxy) is 4. The van der Waals surface area contributed by atoms with Crippen LogP contribution in [-0.2, 0) is 20.9 Å². The molecule has 0 saturated carbocycles. The van der Waals surface area contributed by atoms with Crippen LogP contribution >= 0.6 is 0 Å². The van der Waals surface area contributed by atoms with Crippen molar-refractivity contribution in [2.75, 3.05) is 40.5 Å². The lowest BCUT2D eigenvalue weighted by atomic mass is 10.0. The third-order valence-corrected chi connectivity index (χ3v) is 4.69. The molecule has 150 valence electrons. The van der Waals surface area contributed by atoms with Crippen molar-refractivity contribution >= 4 is 5.97 Å². The summed E-state index contributed by atoms with van der Waals surface area (Å²) in [4.78, 5) is 14.9. The Morgan fingerprint density at radius 3 is 2.57 bits per heavy atom. The molecule has 0 N–H and O–H groups in total. The molecule has 0 amide bonds. The van der Waals surface area contributed by atoms with E-state index < -0.39 is 17.8 Å². The van der Waals surface area contributed by atoms with Gasteiger partial charge in [-0.3, -0.25) is 4.90 Å². The molecular formula is C21H24FNO5. The molecule has 0 aliphatic carbocycles. The number of halogens is 1. The van der Waals surface area contributed by atoms with Crippen LogP contribution in [-0.4, -0.2) is 51.4 Å². The van der Waals surface area contributed by atoms with Gasteiger partial charge in [-0.25, -0.2) is 9.18 Å². The fourth-order valence-corrected chi connectivity index (χ4v) is 3.23. The second kappa shape index (κ2) is 9.52. The molecule has 2 aromatic carbocycles. The highest BCUT2D eigenvalue weighted by atomic mass is 19.1. The highest BCUT2D eigenvalue weighted by molar-refractivity contribution is 5.78. The monoisotopic (exact) mass is 389 g/mol. The van der Waals surface area contributed by atoms with Crippen molar-refractivity contribution in [3.8, 4) is 11.5 Å². The van der Waals surface area contributed by atoms with Crippen molar-refractivity contribution in [2.24, 2.45) is 0 Å². The Balaban J connectivity index is 1.81. The number of hydrogen-bond acceptors (Lipinski definition) is 6. The number of nitrogens with zero attached hydrogens (tertiary/aromatic N) is 1. The molecular weight excluding hydrogens is 365 g/mol. The highest BCUT2D eigenvalue weighted by Crippen LogP contribution is 2.28. The third kappa shape index (κ3) is 4.61. The van der Waals surface area contributed by atoms with Crippen molar-refractivity contribution in [3.63, 3.8) is 0 Å². The number of carbonyl (C=O) groups excluding carboxylic acids is 1. The van der Waals surface area contributed by atoms with Gasteiger partial charge in [0.2, 0.25) is 0 Å². The SMILES string of the molecule is COc1ccc(OC)c(COC(=O)[C@H](c2ccccc2F)N2CCOCC2)c1. The number of methoxy groups -OCH3 is 2. The van der Waals surface area contributed by atoms with E-state index in [4.69, 9.17) is 18.9 Å². The lowest BCUT2D eigenvalue weighted by molar-refractivity contribution is -0.153. The highest BCUT2D eigenvalue weighted by Gasteiger charge is 2.32. The fourth-order valence-electron chi connectivity index (χ4n) is 3.23. The minimum atomic E-state index is -0.832. The summed E-state index contributed by atoms with van der Waals surface area (Å²) >= 11 is 0. The van der Waals surface area contributed by atoms with Gasteiger partial charge in [0.1, 0.15) is 30.0 Å². The van der Waals surface area contributed by atoms with Crippen LogP contribution in [0.15, 0.2) is 42.5 Å². The van der Waals surface area contributed by atoms with Gasteiger partial charge in [-0.15, -0.1) is 0 Å². The minimum absolute atomic E-state index is 0.00546. The molecule has 28 heavy (non-hydrogen) atoms. The predicted octanol–water partition coefficient (Wildman–Crippen LogP) is 2.96. The van der Waals surface area contributed by atoms with E-state index in [9.17, 15) is 9.18 Å². The largest absolute Gasteiger partial charge is 0.497 e. The molecule has 1 aliphatic rings. The molecule has 1 aliphatic heterocycles. The zero-order valence-electron chi connectivity index (χ0n) is 16.0. The summed E-state index contributed by atoms with van der Waals surface area (Å²) in [7, 11) is 3.10. The quantitative estimate of drug-likeness (QED) is 0.679. The average Bonchev–Trinajstić information content (AvgIpc) is 2.74. The van der Waals surface area contributed by atoms with Crippen LogP contribution < -0.4 is 9.47 Å². The maximum atomic E-state index is 14.4. The Hall–Kier alpha value is -2.64. The van der Waals surface area contributed by atoms with Gasteiger partial charge in [-0.05, 0) is 24.3 Å². The number of carbonyl (C=O) groups is 1. The van der Waals surface area contributed by atoms with Gasteiger partial charge in [-0.2, -0.15) is 0 Å². The predicted molar refractivity (Wildman–Crippen MR) is 101 cm³/mol. The summed E-state index contributed by atoms with van der Waals surface area (Å²) in [6, 6.07) is 10.7. The van der Waals surface area contributed by atoms with Crippen LogP contribution in [0.25, 0.3) is 0 Å². The molecule has 6 nitrogen and oxygen atoms in total. The summed E-state index contributed by atoms with van der Waals surface area (Å²) in [5, 5.41) is 0. The number of esters is 1. The Morgan fingerprint density at radius 1 is 1.14 bits per heavy atom. The lowest BCUT2D eigenvalue weighted by Crippen LogP contribution is -2.43. The molecule has 7 heteroatoms. The number of morpholine rings is 1. The standard InChI is InChI=1S/C21H24FNO5/c1-25-16-7-8-19(26-2)15(13-16)14-28-21(24)20(23-9-11-27-12-10-23)17-5-3-4-6-18(17)22/h3-8,13,20H,9-12,14H2,1-2H3/t20-/m0/s1. The molecule has 0 radical (unpaired) electrons. The first-order valence-corrected chi connectivity index (χ1v) is 9.07. The van der Waals surface area contributed by atoms with Gasteiger partial charge in [0.25, 0.3) is 0 Å². The Bertz CT molecular complexity index is 807. The van der Waals surface area contributed by atoms with Gasteiger partial charge < -0.3 is 18.9 Å². The molecule has 2 aromatic rings. The third-order valence-electron chi connectivity index (χ3n) is 4.69. The van der Waals surface area contributed by atoms with Crippen LogP contribution in [0.5, 0.6) is 11.5 Å². The van der Waals surface area contributed by atoms with Crippen LogP contribution in [0.1, 0.15) is 17.2 Å². The van der Waals surface area contributed by atoms with Crippen molar-refractivity contribution in [3.05, 3.63) is 59.4 Å². The van der Waals surface area contributed by atoms with Crippen molar-refractivity contribution in [2.45, 2.75) is 12.6 Å². The molecule has 1 heterocycles. The second-order valence-electron chi connectivity index (χ2n) is 6.36. The maximum absolute atomic E-state index is 14.4.